The normalized spacial score (nSPS) is 25.1. The summed E-state index contributed by atoms with van der Waals surface area (Å²) in [5.74, 6) is -0.735. The number of methoxy groups -OCH3 is 2. The van der Waals surface area contributed by atoms with Crippen molar-refractivity contribution in [2.75, 3.05) is 20.8 Å². The molecular weight excluding hydrogens is 428 g/mol. The van der Waals surface area contributed by atoms with Gasteiger partial charge in [0.15, 0.2) is 23.0 Å². The van der Waals surface area contributed by atoms with Crippen LogP contribution in [0.1, 0.15) is 10.4 Å². The van der Waals surface area contributed by atoms with Crippen molar-refractivity contribution in [1.82, 2.24) is 0 Å². The van der Waals surface area contributed by atoms with E-state index < -0.39 is 43.3 Å². The lowest BCUT2D eigenvalue weighted by Crippen LogP contribution is -2.60. The average molecular weight is 452 g/mol. The molecule has 0 bridgehead atoms. The van der Waals surface area contributed by atoms with Crippen molar-refractivity contribution in [3.63, 3.8) is 0 Å². The minimum Gasteiger partial charge on any atom is -0.504 e. The topological polar surface area (TPSA) is 164 Å². The van der Waals surface area contributed by atoms with E-state index in [4.69, 9.17) is 23.7 Å². The Labute approximate surface area is 182 Å². The Morgan fingerprint density at radius 3 is 2.19 bits per heavy atom. The molecular formula is C21H24O11. The lowest BCUT2D eigenvalue weighted by molar-refractivity contribution is -0.277. The van der Waals surface area contributed by atoms with E-state index in [0.29, 0.717) is 0 Å². The molecule has 2 aromatic carbocycles. The Morgan fingerprint density at radius 1 is 0.906 bits per heavy atom. The van der Waals surface area contributed by atoms with Crippen molar-refractivity contribution in [2.45, 2.75) is 30.7 Å². The Bertz CT molecular complexity index is 947. The minimum atomic E-state index is -1.65. The number of phenols is 2. The molecule has 0 saturated carbocycles. The number of esters is 1. The van der Waals surface area contributed by atoms with Gasteiger partial charge in [-0.25, -0.2) is 4.79 Å². The van der Waals surface area contributed by atoms with E-state index in [1.807, 2.05) is 0 Å². The van der Waals surface area contributed by atoms with E-state index >= 15 is 0 Å². The van der Waals surface area contributed by atoms with Gasteiger partial charge in [0.05, 0.1) is 19.8 Å². The minimum absolute atomic E-state index is 0.0738. The Morgan fingerprint density at radius 2 is 1.53 bits per heavy atom. The molecule has 11 nitrogen and oxygen atoms in total. The zero-order chi connectivity index (χ0) is 23.4. The predicted octanol–water partition coefficient (Wildman–Crippen LogP) is 0.158. The zero-order valence-corrected chi connectivity index (χ0v) is 17.2. The quantitative estimate of drug-likeness (QED) is 0.363. The van der Waals surface area contributed by atoms with Gasteiger partial charge in [0.1, 0.15) is 36.8 Å². The fraction of sp³-hybridized carbons (Fsp3) is 0.381. The number of hydrogen-bond acceptors (Lipinski definition) is 11. The molecule has 5 unspecified atom stereocenters. The number of hydrogen-bond donors (Lipinski definition) is 5. The highest BCUT2D eigenvalue weighted by atomic mass is 16.7. The van der Waals surface area contributed by atoms with Gasteiger partial charge < -0.3 is 49.2 Å². The van der Waals surface area contributed by atoms with Crippen LogP contribution in [0, 0.1) is 0 Å². The van der Waals surface area contributed by atoms with Gasteiger partial charge in [-0.3, -0.25) is 0 Å². The van der Waals surface area contributed by atoms with E-state index in [9.17, 15) is 30.3 Å². The highest BCUT2D eigenvalue weighted by Crippen LogP contribution is 2.32. The summed E-state index contributed by atoms with van der Waals surface area (Å²) in [4.78, 5) is 12.3. The van der Waals surface area contributed by atoms with E-state index in [2.05, 4.69) is 0 Å². The maximum atomic E-state index is 12.3. The summed E-state index contributed by atoms with van der Waals surface area (Å²) in [5.41, 5.74) is 0.0783. The number of phenolic OH excluding ortho intramolecular Hbond substituents is 2. The fourth-order valence-corrected chi connectivity index (χ4v) is 3.06. The molecule has 3 rings (SSSR count). The van der Waals surface area contributed by atoms with Crippen LogP contribution in [0.25, 0.3) is 0 Å². The molecule has 5 atom stereocenters. The number of aromatic hydroxyl groups is 2. The third kappa shape index (κ3) is 4.97. The number of aliphatic hydroxyl groups is 3. The summed E-state index contributed by atoms with van der Waals surface area (Å²) < 4.78 is 26.1. The van der Waals surface area contributed by atoms with E-state index in [0.717, 1.165) is 0 Å². The SMILES string of the molecule is COc1cc(OC2OC(COC(=O)c3ccc(O)c(OC)c3)C(O)C(O)C2O)ccc1O. The van der Waals surface area contributed by atoms with Crippen LogP contribution in [-0.4, -0.2) is 83.0 Å². The van der Waals surface area contributed by atoms with Gasteiger partial charge in [0.25, 0.3) is 0 Å². The van der Waals surface area contributed by atoms with Crippen LogP contribution in [0.4, 0.5) is 0 Å². The van der Waals surface area contributed by atoms with Crippen molar-refractivity contribution in [3.8, 4) is 28.7 Å². The van der Waals surface area contributed by atoms with E-state index in [1.54, 1.807) is 0 Å². The number of benzene rings is 2. The first kappa shape index (κ1) is 23.4. The zero-order valence-electron chi connectivity index (χ0n) is 17.2. The molecule has 1 aliphatic rings. The molecule has 1 heterocycles. The molecule has 1 aliphatic heterocycles. The maximum Gasteiger partial charge on any atom is 0.338 e. The van der Waals surface area contributed by atoms with Crippen LogP contribution in [0.5, 0.6) is 28.7 Å². The lowest BCUT2D eigenvalue weighted by Gasteiger charge is -2.39. The molecule has 1 saturated heterocycles. The fourth-order valence-electron chi connectivity index (χ4n) is 3.06. The van der Waals surface area contributed by atoms with Crippen LogP contribution in [0.15, 0.2) is 36.4 Å². The van der Waals surface area contributed by atoms with E-state index in [-0.39, 0.29) is 34.3 Å². The van der Waals surface area contributed by atoms with Crippen molar-refractivity contribution >= 4 is 5.97 Å². The number of carbonyl (C=O) groups excluding carboxylic acids is 1. The summed E-state index contributed by atoms with van der Waals surface area (Å²) in [5, 5.41) is 49.9. The monoisotopic (exact) mass is 452 g/mol. The second-order valence-corrected chi connectivity index (χ2v) is 6.95. The average Bonchev–Trinajstić information content (AvgIpc) is 2.79. The Kier molecular flexibility index (Phi) is 7.26. The van der Waals surface area contributed by atoms with Gasteiger partial charge in [0.2, 0.25) is 6.29 Å². The van der Waals surface area contributed by atoms with Gasteiger partial charge in [-0.1, -0.05) is 0 Å². The molecule has 1 fully saturated rings. The molecule has 0 amide bonds. The highest BCUT2D eigenvalue weighted by molar-refractivity contribution is 5.90. The third-order valence-corrected chi connectivity index (χ3v) is 4.87. The third-order valence-electron chi connectivity index (χ3n) is 4.87. The van der Waals surface area contributed by atoms with Gasteiger partial charge in [-0.05, 0) is 30.3 Å². The second-order valence-electron chi connectivity index (χ2n) is 6.95. The summed E-state index contributed by atoms with van der Waals surface area (Å²) in [7, 11) is 2.67. The summed E-state index contributed by atoms with van der Waals surface area (Å²) in [6.45, 7) is -0.467. The van der Waals surface area contributed by atoms with Crippen molar-refractivity contribution in [2.24, 2.45) is 0 Å². The summed E-state index contributed by atoms with van der Waals surface area (Å²) >= 11 is 0. The van der Waals surface area contributed by atoms with Crippen molar-refractivity contribution < 1.29 is 54.0 Å². The Balaban J connectivity index is 1.68. The van der Waals surface area contributed by atoms with E-state index in [1.165, 1.54) is 50.6 Å². The van der Waals surface area contributed by atoms with Gasteiger partial charge in [-0.2, -0.15) is 0 Å². The van der Waals surface area contributed by atoms with Crippen LogP contribution >= 0.6 is 0 Å². The molecule has 174 valence electrons. The number of aliphatic hydroxyl groups excluding tert-OH is 3. The number of rotatable bonds is 7. The van der Waals surface area contributed by atoms with Crippen molar-refractivity contribution in [1.29, 1.82) is 0 Å². The van der Waals surface area contributed by atoms with Crippen LogP contribution in [-0.2, 0) is 9.47 Å². The molecule has 0 aromatic heterocycles. The van der Waals surface area contributed by atoms with Crippen LogP contribution < -0.4 is 14.2 Å². The first-order valence-electron chi connectivity index (χ1n) is 9.52. The summed E-state index contributed by atoms with van der Waals surface area (Å²) in [6, 6.07) is 7.89. The molecule has 32 heavy (non-hydrogen) atoms. The largest absolute Gasteiger partial charge is 0.504 e. The molecule has 11 heteroatoms. The second kappa shape index (κ2) is 9.92. The highest BCUT2D eigenvalue weighted by Gasteiger charge is 2.45. The van der Waals surface area contributed by atoms with Crippen LogP contribution in [0.2, 0.25) is 0 Å². The lowest BCUT2D eigenvalue weighted by atomic mass is 9.99. The molecule has 2 aromatic rings. The summed E-state index contributed by atoms with van der Waals surface area (Å²) in [6.07, 6.45) is -7.47. The van der Waals surface area contributed by atoms with Crippen LogP contribution in [0.3, 0.4) is 0 Å². The predicted molar refractivity (Wildman–Crippen MR) is 107 cm³/mol. The number of carbonyl (C=O) groups is 1. The van der Waals surface area contributed by atoms with Gasteiger partial charge >= 0.3 is 5.97 Å². The molecule has 5 N–H and O–H groups in total. The molecule has 0 radical (unpaired) electrons. The Hall–Kier alpha value is -3.25. The standard InChI is InChI=1S/C21H24O11/c1-28-14-7-10(3-5-12(14)22)20(27)30-9-16-17(24)18(25)19(26)21(32-16)31-11-4-6-13(23)15(8-11)29-2/h3-8,16-19,21-26H,9H2,1-2H3. The smallest absolute Gasteiger partial charge is 0.338 e. The number of ether oxygens (including phenoxy) is 5. The first-order valence-corrected chi connectivity index (χ1v) is 9.52. The van der Waals surface area contributed by atoms with Gasteiger partial charge in [-0.15, -0.1) is 0 Å². The molecule has 0 aliphatic carbocycles. The maximum absolute atomic E-state index is 12.3. The van der Waals surface area contributed by atoms with Crippen molar-refractivity contribution in [3.05, 3.63) is 42.0 Å². The first-order chi connectivity index (χ1) is 15.2. The van der Waals surface area contributed by atoms with Gasteiger partial charge in [0, 0.05) is 6.07 Å². The molecule has 0 spiro atoms.